The van der Waals surface area contributed by atoms with E-state index in [0.717, 1.165) is 11.8 Å². The minimum absolute atomic E-state index is 0.0744. The van der Waals surface area contributed by atoms with Crippen LogP contribution in [-0.4, -0.2) is 35.9 Å². The zero-order valence-electron chi connectivity index (χ0n) is 16.6. The number of nitrogens with one attached hydrogen (secondary N) is 3. The second-order valence-corrected chi connectivity index (χ2v) is 6.25. The summed E-state index contributed by atoms with van der Waals surface area (Å²) in [5, 5.41) is 8.07. The van der Waals surface area contributed by atoms with Gasteiger partial charge < -0.3 is 20.7 Å². The maximum Gasteiger partial charge on any atom is 0.262 e. The third kappa shape index (κ3) is 4.52. The molecule has 154 valence electrons. The molecule has 0 radical (unpaired) electrons. The molecular formula is C21H20FN5O3. The lowest BCUT2D eigenvalue weighted by atomic mass is 10.1. The minimum atomic E-state index is -0.763. The van der Waals surface area contributed by atoms with Crippen LogP contribution in [0.2, 0.25) is 0 Å². The molecule has 30 heavy (non-hydrogen) atoms. The highest BCUT2D eigenvalue weighted by atomic mass is 19.1. The number of carbonyl (C=O) groups is 2. The molecule has 0 fully saturated rings. The van der Waals surface area contributed by atoms with Crippen LogP contribution in [0.25, 0.3) is 0 Å². The Balaban J connectivity index is 1.97. The molecule has 0 saturated heterocycles. The van der Waals surface area contributed by atoms with Gasteiger partial charge in [-0.15, -0.1) is 0 Å². The van der Waals surface area contributed by atoms with Crippen LogP contribution in [0.15, 0.2) is 48.7 Å². The van der Waals surface area contributed by atoms with Gasteiger partial charge in [0.25, 0.3) is 11.8 Å². The summed E-state index contributed by atoms with van der Waals surface area (Å²) in [6, 6.07) is 11.0. The van der Waals surface area contributed by atoms with Crippen molar-refractivity contribution in [2.45, 2.75) is 6.92 Å². The third-order valence-electron chi connectivity index (χ3n) is 4.19. The largest absolute Gasteiger partial charge is 0.496 e. The highest BCUT2D eigenvalue weighted by Crippen LogP contribution is 2.25. The van der Waals surface area contributed by atoms with Gasteiger partial charge in [0.15, 0.2) is 0 Å². The number of rotatable bonds is 6. The van der Waals surface area contributed by atoms with E-state index in [0.29, 0.717) is 11.6 Å². The van der Waals surface area contributed by atoms with Gasteiger partial charge in [-0.25, -0.2) is 14.4 Å². The number of anilines is 3. The van der Waals surface area contributed by atoms with E-state index in [1.54, 1.807) is 6.07 Å². The first-order valence-corrected chi connectivity index (χ1v) is 8.99. The number of benzene rings is 1. The van der Waals surface area contributed by atoms with Crippen LogP contribution in [-0.2, 0) is 0 Å². The molecule has 0 atom stereocenters. The van der Waals surface area contributed by atoms with Crippen LogP contribution in [0.4, 0.5) is 21.7 Å². The molecule has 2 heterocycles. The Hall–Kier alpha value is -4.01. The third-order valence-corrected chi connectivity index (χ3v) is 4.19. The van der Waals surface area contributed by atoms with Gasteiger partial charge >= 0.3 is 0 Å². The summed E-state index contributed by atoms with van der Waals surface area (Å²) in [6.45, 7) is 1.85. The summed E-state index contributed by atoms with van der Waals surface area (Å²) in [5.74, 6) is -1.01. The van der Waals surface area contributed by atoms with Gasteiger partial charge in [-0.1, -0.05) is 12.1 Å². The van der Waals surface area contributed by atoms with Crippen molar-refractivity contribution < 1.29 is 18.7 Å². The summed E-state index contributed by atoms with van der Waals surface area (Å²) in [6.07, 6.45) is 1.31. The fourth-order valence-corrected chi connectivity index (χ4v) is 2.77. The molecular weight excluding hydrogens is 389 g/mol. The Morgan fingerprint density at radius 3 is 2.53 bits per heavy atom. The van der Waals surface area contributed by atoms with Crippen LogP contribution < -0.4 is 20.7 Å². The molecule has 3 rings (SSSR count). The van der Waals surface area contributed by atoms with Gasteiger partial charge in [-0.3, -0.25) is 9.59 Å². The van der Waals surface area contributed by atoms with E-state index in [1.807, 2.05) is 19.1 Å². The number of pyridine rings is 2. The molecule has 1 aromatic carbocycles. The molecule has 0 aliphatic carbocycles. The summed E-state index contributed by atoms with van der Waals surface area (Å²) < 4.78 is 19.4. The van der Waals surface area contributed by atoms with E-state index in [1.165, 1.54) is 38.6 Å². The van der Waals surface area contributed by atoms with E-state index in [4.69, 9.17) is 4.74 Å². The van der Waals surface area contributed by atoms with E-state index < -0.39 is 17.6 Å². The minimum Gasteiger partial charge on any atom is -0.496 e. The number of halogens is 1. The number of methoxy groups -OCH3 is 1. The van der Waals surface area contributed by atoms with Crippen LogP contribution >= 0.6 is 0 Å². The zero-order valence-corrected chi connectivity index (χ0v) is 16.6. The maximum atomic E-state index is 14.3. The molecule has 0 saturated carbocycles. The van der Waals surface area contributed by atoms with Crippen molar-refractivity contribution in [3.8, 4) is 5.75 Å². The number of carbonyl (C=O) groups excluding carboxylic acids is 2. The number of aromatic nitrogens is 2. The Morgan fingerprint density at radius 2 is 1.83 bits per heavy atom. The summed E-state index contributed by atoms with van der Waals surface area (Å²) in [5.41, 5.74) is 0.801. The molecule has 0 bridgehead atoms. The Bertz CT molecular complexity index is 1100. The van der Waals surface area contributed by atoms with Crippen molar-refractivity contribution >= 4 is 29.1 Å². The van der Waals surface area contributed by atoms with Gasteiger partial charge in [-0.05, 0) is 31.2 Å². The van der Waals surface area contributed by atoms with Crippen LogP contribution in [0.1, 0.15) is 26.4 Å². The molecule has 0 unspecified atom stereocenters. The van der Waals surface area contributed by atoms with E-state index in [-0.39, 0.29) is 22.6 Å². The standard InChI is InChI=1S/C21H20FN5O3/c1-12-6-4-9-17(25-12)27-18-10-15(13(11-24-18)20(28)23-2)26-21(29)19-14(22)7-5-8-16(19)30-3/h4-11H,1-3H3,(H,23,28)(H2,24,25,26,27,29). The molecule has 2 aromatic heterocycles. The first-order chi connectivity index (χ1) is 14.4. The smallest absolute Gasteiger partial charge is 0.262 e. The first-order valence-electron chi connectivity index (χ1n) is 8.99. The lowest BCUT2D eigenvalue weighted by Gasteiger charge is -2.14. The Morgan fingerprint density at radius 1 is 1.07 bits per heavy atom. The fraction of sp³-hybridized carbons (Fsp3) is 0.143. The van der Waals surface area contributed by atoms with Gasteiger partial charge in [0.05, 0.1) is 18.4 Å². The summed E-state index contributed by atoms with van der Waals surface area (Å²) in [7, 11) is 2.79. The molecule has 8 nitrogen and oxygen atoms in total. The average Bonchev–Trinajstić information content (AvgIpc) is 2.73. The van der Waals surface area contributed by atoms with Crippen LogP contribution in [0.5, 0.6) is 5.75 Å². The summed E-state index contributed by atoms with van der Waals surface area (Å²) >= 11 is 0. The van der Waals surface area contributed by atoms with E-state index in [9.17, 15) is 14.0 Å². The predicted molar refractivity (Wildman–Crippen MR) is 111 cm³/mol. The molecule has 0 aliphatic heterocycles. The Kier molecular flexibility index (Phi) is 6.21. The van der Waals surface area contributed by atoms with Crippen LogP contribution in [0, 0.1) is 12.7 Å². The summed E-state index contributed by atoms with van der Waals surface area (Å²) in [4.78, 5) is 33.5. The number of amides is 2. The molecule has 0 spiro atoms. The maximum absolute atomic E-state index is 14.3. The van der Waals surface area contributed by atoms with Crippen molar-refractivity contribution in [2.75, 3.05) is 24.8 Å². The van der Waals surface area contributed by atoms with Crippen molar-refractivity contribution in [2.24, 2.45) is 0 Å². The predicted octanol–water partition coefficient (Wildman–Crippen LogP) is 3.29. The van der Waals surface area contributed by atoms with Crippen molar-refractivity contribution in [3.05, 3.63) is 71.3 Å². The number of hydrogen-bond donors (Lipinski definition) is 3. The molecule has 3 N–H and O–H groups in total. The zero-order chi connectivity index (χ0) is 21.7. The van der Waals surface area contributed by atoms with Crippen molar-refractivity contribution in [1.82, 2.24) is 15.3 Å². The average molecular weight is 409 g/mol. The second-order valence-electron chi connectivity index (χ2n) is 6.25. The van der Waals surface area contributed by atoms with Crippen molar-refractivity contribution in [1.29, 1.82) is 0 Å². The molecule has 0 aliphatic rings. The monoisotopic (exact) mass is 409 g/mol. The number of aryl methyl sites for hydroxylation is 1. The van der Waals surface area contributed by atoms with E-state index in [2.05, 4.69) is 25.9 Å². The number of hydrogen-bond acceptors (Lipinski definition) is 6. The lowest BCUT2D eigenvalue weighted by molar-refractivity contribution is 0.0963. The normalized spacial score (nSPS) is 10.3. The Labute approximate surface area is 172 Å². The van der Waals surface area contributed by atoms with Gasteiger partial charge in [0.1, 0.15) is 28.8 Å². The molecule has 3 aromatic rings. The molecule has 9 heteroatoms. The highest BCUT2D eigenvalue weighted by Gasteiger charge is 2.21. The van der Waals surface area contributed by atoms with Gasteiger partial charge in [-0.2, -0.15) is 0 Å². The SMILES string of the molecule is CNC(=O)c1cnc(Nc2cccc(C)n2)cc1NC(=O)c1c(F)cccc1OC. The van der Waals surface area contributed by atoms with Crippen LogP contribution in [0.3, 0.4) is 0 Å². The highest BCUT2D eigenvalue weighted by molar-refractivity contribution is 6.10. The second kappa shape index (κ2) is 8.99. The van der Waals surface area contributed by atoms with Gasteiger partial charge in [0.2, 0.25) is 0 Å². The van der Waals surface area contributed by atoms with Crippen molar-refractivity contribution in [3.63, 3.8) is 0 Å². The lowest BCUT2D eigenvalue weighted by Crippen LogP contribution is -2.22. The molecule has 2 amide bonds. The fourth-order valence-electron chi connectivity index (χ4n) is 2.77. The van der Waals surface area contributed by atoms with Gasteiger partial charge in [0, 0.05) is 25.0 Å². The number of nitrogens with zero attached hydrogens (tertiary/aromatic N) is 2. The topological polar surface area (TPSA) is 105 Å². The quantitative estimate of drug-likeness (QED) is 0.577. The van der Waals surface area contributed by atoms with E-state index >= 15 is 0 Å². The number of ether oxygens (including phenoxy) is 1. The first kappa shape index (κ1) is 20.7.